The molecule has 0 aliphatic rings. The summed E-state index contributed by atoms with van der Waals surface area (Å²) in [7, 11) is 0. The van der Waals surface area contributed by atoms with Gasteiger partial charge in [-0.05, 0) is 29.3 Å². The Bertz CT molecular complexity index is 419. The van der Waals surface area contributed by atoms with E-state index in [0.717, 1.165) is 0 Å². The highest BCUT2D eigenvalue weighted by molar-refractivity contribution is 7.79. The lowest BCUT2D eigenvalue weighted by molar-refractivity contribution is 0.537. The van der Waals surface area contributed by atoms with Crippen LogP contribution in [0.15, 0.2) is 65.6 Å². The van der Waals surface area contributed by atoms with Crippen LogP contribution >= 0.6 is 0 Å². The average molecular weight is 234 g/mol. The van der Waals surface area contributed by atoms with Crippen LogP contribution in [0.5, 0.6) is 0 Å². The average Bonchev–Trinajstić information content (AvgIpc) is 2.32. The van der Waals surface area contributed by atoms with Gasteiger partial charge in [0.25, 0.3) is 0 Å². The van der Waals surface area contributed by atoms with Gasteiger partial charge in [0.15, 0.2) is 0 Å². The molecule has 0 fully saturated rings. The minimum absolute atomic E-state index is 0.222. The molecule has 0 saturated carbocycles. The fourth-order valence-electron chi connectivity index (χ4n) is 1.00. The molecule has 4 heteroatoms. The van der Waals surface area contributed by atoms with Gasteiger partial charge in [-0.1, -0.05) is 42.5 Å². The van der Waals surface area contributed by atoms with Crippen molar-refractivity contribution in [3.8, 4) is 0 Å². The topological polar surface area (TPSA) is 66.2 Å². The maximum Gasteiger partial charge on any atom is 0.0325 e. The van der Waals surface area contributed by atoms with Crippen molar-refractivity contribution in [3.05, 3.63) is 60.7 Å². The summed E-state index contributed by atoms with van der Waals surface area (Å²) in [6.45, 7) is 0. The van der Waals surface area contributed by atoms with Crippen molar-refractivity contribution in [2.75, 3.05) is 5.73 Å². The smallest absolute Gasteiger partial charge is 0.0325 e. The zero-order chi connectivity index (χ0) is 11.8. The molecule has 2 aromatic rings. The maximum absolute atomic E-state index is 10.3. The molecule has 2 rings (SSSR count). The largest absolute Gasteiger partial charge is 0.768 e. The van der Waals surface area contributed by atoms with Crippen LogP contribution in [0.2, 0.25) is 0 Å². The molecule has 0 amide bonds. The molecule has 2 N–H and O–H groups in total. The Balaban J connectivity index is 0.000000181. The van der Waals surface area contributed by atoms with E-state index < -0.39 is 11.1 Å². The molecule has 0 aliphatic heterocycles. The van der Waals surface area contributed by atoms with Crippen LogP contribution in [0.25, 0.3) is 0 Å². The van der Waals surface area contributed by atoms with Crippen LogP contribution in [-0.4, -0.2) is 8.76 Å². The van der Waals surface area contributed by atoms with Crippen molar-refractivity contribution >= 4 is 16.8 Å². The Kier molecular flexibility index (Phi) is 5.25. The number of anilines is 1. The second kappa shape index (κ2) is 6.76. The van der Waals surface area contributed by atoms with Crippen LogP contribution in [0.4, 0.5) is 5.69 Å². The van der Waals surface area contributed by atoms with E-state index in [2.05, 4.69) is 0 Å². The van der Waals surface area contributed by atoms with Crippen LogP contribution in [0.3, 0.4) is 0 Å². The second-order valence-corrected chi connectivity index (χ2v) is 3.90. The Morgan fingerprint density at radius 1 is 0.938 bits per heavy atom. The van der Waals surface area contributed by atoms with E-state index in [0.29, 0.717) is 5.69 Å². The zero-order valence-corrected chi connectivity index (χ0v) is 9.39. The van der Waals surface area contributed by atoms with Crippen molar-refractivity contribution in [1.29, 1.82) is 0 Å². The van der Waals surface area contributed by atoms with Crippen molar-refractivity contribution in [2.45, 2.75) is 4.90 Å². The summed E-state index contributed by atoms with van der Waals surface area (Å²) < 4.78 is 20.6. The fraction of sp³-hybridized carbons (Fsp3) is 0. The molecule has 0 heterocycles. The Labute approximate surface area is 97.2 Å². The van der Waals surface area contributed by atoms with Gasteiger partial charge in [0.1, 0.15) is 0 Å². The summed E-state index contributed by atoms with van der Waals surface area (Å²) in [4.78, 5) is 0.222. The third-order valence-electron chi connectivity index (χ3n) is 1.72. The Morgan fingerprint density at radius 2 is 1.44 bits per heavy atom. The SMILES string of the molecule is Nc1cccc(S(=O)[O-])c1.c1ccccc1. The molecule has 2 aromatic carbocycles. The zero-order valence-electron chi connectivity index (χ0n) is 8.58. The highest BCUT2D eigenvalue weighted by Gasteiger charge is 1.90. The lowest BCUT2D eigenvalue weighted by Gasteiger charge is -2.03. The third kappa shape index (κ3) is 4.72. The maximum atomic E-state index is 10.3. The van der Waals surface area contributed by atoms with E-state index in [-0.39, 0.29) is 4.90 Å². The number of benzene rings is 2. The number of hydrogen-bond donors (Lipinski definition) is 1. The van der Waals surface area contributed by atoms with Crippen molar-refractivity contribution in [1.82, 2.24) is 0 Å². The summed E-state index contributed by atoms with van der Waals surface area (Å²) in [6.07, 6.45) is 0. The minimum Gasteiger partial charge on any atom is -0.768 e. The predicted molar refractivity (Wildman–Crippen MR) is 64.5 cm³/mol. The Hall–Kier alpha value is -1.65. The minimum atomic E-state index is -2.17. The molecule has 0 radical (unpaired) electrons. The number of rotatable bonds is 1. The first kappa shape index (κ1) is 12.4. The van der Waals surface area contributed by atoms with E-state index in [1.54, 1.807) is 12.1 Å². The van der Waals surface area contributed by atoms with Crippen LogP contribution in [0, 0.1) is 0 Å². The lowest BCUT2D eigenvalue weighted by atomic mass is 10.3. The molecular formula is C12H12NO2S-. The van der Waals surface area contributed by atoms with Crippen LogP contribution in [0.1, 0.15) is 0 Å². The van der Waals surface area contributed by atoms with E-state index in [4.69, 9.17) is 5.73 Å². The quantitative estimate of drug-likeness (QED) is 0.607. The van der Waals surface area contributed by atoms with E-state index in [1.165, 1.54) is 12.1 Å². The van der Waals surface area contributed by atoms with Gasteiger partial charge < -0.3 is 10.3 Å². The van der Waals surface area contributed by atoms with Gasteiger partial charge >= 0.3 is 0 Å². The highest BCUT2D eigenvalue weighted by atomic mass is 32.2. The number of nitrogens with two attached hydrogens (primary N) is 1. The molecule has 0 saturated heterocycles. The number of hydrogen-bond acceptors (Lipinski definition) is 3. The van der Waals surface area contributed by atoms with Gasteiger partial charge in [-0.25, -0.2) is 0 Å². The third-order valence-corrected chi connectivity index (χ3v) is 2.36. The normalized spacial score (nSPS) is 11.1. The van der Waals surface area contributed by atoms with E-state index >= 15 is 0 Å². The van der Waals surface area contributed by atoms with Gasteiger partial charge in [0.2, 0.25) is 0 Å². The summed E-state index contributed by atoms with van der Waals surface area (Å²) in [5, 5.41) is 0. The first-order valence-electron chi connectivity index (χ1n) is 4.65. The van der Waals surface area contributed by atoms with E-state index in [9.17, 15) is 8.76 Å². The van der Waals surface area contributed by atoms with E-state index in [1.807, 2.05) is 36.4 Å². The molecule has 84 valence electrons. The highest BCUT2D eigenvalue weighted by Crippen LogP contribution is 2.08. The van der Waals surface area contributed by atoms with Crippen molar-refractivity contribution in [3.63, 3.8) is 0 Å². The molecule has 16 heavy (non-hydrogen) atoms. The van der Waals surface area contributed by atoms with Gasteiger partial charge in [0.05, 0.1) is 0 Å². The van der Waals surface area contributed by atoms with Crippen LogP contribution in [-0.2, 0) is 11.1 Å². The molecule has 0 aliphatic carbocycles. The predicted octanol–water partition coefficient (Wildman–Crippen LogP) is 2.19. The first-order valence-corrected chi connectivity index (χ1v) is 5.72. The first-order chi connectivity index (χ1) is 7.70. The molecule has 1 atom stereocenters. The fourth-order valence-corrected chi connectivity index (χ4v) is 1.43. The summed E-state index contributed by atoms with van der Waals surface area (Å²) in [5.74, 6) is 0. The second-order valence-electron chi connectivity index (χ2n) is 2.96. The van der Waals surface area contributed by atoms with Crippen LogP contribution < -0.4 is 5.73 Å². The van der Waals surface area contributed by atoms with Crippen molar-refractivity contribution < 1.29 is 8.76 Å². The lowest BCUT2D eigenvalue weighted by Crippen LogP contribution is -1.90. The monoisotopic (exact) mass is 234 g/mol. The molecule has 1 unspecified atom stereocenters. The van der Waals surface area contributed by atoms with Crippen molar-refractivity contribution in [2.24, 2.45) is 0 Å². The molecule has 3 nitrogen and oxygen atoms in total. The molecule has 0 aromatic heterocycles. The van der Waals surface area contributed by atoms with Gasteiger partial charge in [-0.15, -0.1) is 0 Å². The molecule has 0 spiro atoms. The Morgan fingerprint density at radius 3 is 1.75 bits per heavy atom. The molecular weight excluding hydrogens is 222 g/mol. The van der Waals surface area contributed by atoms with Gasteiger partial charge in [0, 0.05) is 10.6 Å². The number of nitrogen functional groups attached to an aromatic ring is 1. The standard InChI is InChI=1S/C6H7NO2S.C6H6/c7-5-2-1-3-6(4-5)10(8)9;1-2-4-6-5-3-1/h1-4H,7H2,(H,8,9);1-6H/p-1. The van der Waals surface area contributed by atoms with Gasteiger partial charge in [-0.3, -0.25) is 4.21 Å². The summed E-state index contributed by atoms with van der Waals surface area (Å²) in [6, 6.07) is 18.1. The summed E-state index contributed by atoms with van der Waals surface area (Å²) in [5.41, 5.74) is 5.78. The van der Waals surface area contributed by atoms with Gasteiger partial charge in [-0.2, -0.15) is 0 Å². The summed E-state index contributed by atoms with van der Waals surface area (Å²) >= 11 is -2.17. The molecule has 0 bridgehead atoms.